The molecule has 1 saturated heterocycles. The lowest BCUT2D eigenvalue weighted by atomic mass is 10.1. The number of rotatable bonds is 2. The third-order valence-corrected chi connectivity index (χ3v) is 3.37. The van der Waals surface area contributed by atoms with Gasteiger partial charge >= 0.3 is 5.97 Å². The molecule has 0 unspecified atom stereocenters. The molecule has 1 heterocycles. The van der Waals surface area contributed by atoms with Crippen LogP contribution in [0.15, 0.2) is 18.2 Å². The van der Waals surface area contributed by atoms with Crippen molar-refractivity contribution in [1.82, 2.24) is 0 Å². The molecular formula is C13H16ClNO2. The van der Waals surface area contributed by atoms with Crippen molar-refractivity contribution >= 4 is 23.3 Å². The Morgan fingerprint density at radius 3 is 2.59 bits per heavy atom. The number of methoxy groups -OCH3 is 1. The molecule has 1 fully saturated rings. The van der Waals surface area contributed by atoms with Crippen LogP contribution in [0.25, 0.3) is 0 Å². The summed E-state index contributed by atoms with van der Waals surface area (Å²) in [6.07, 6.45) is 3.69. The largest absolute Gasteiger partial charge is 0.465 e. The van der Waals surface area contributed by atoms with Gasteiger partial charge in [-0.2, -0.15) is 0 Å². The number of benzene rings is 1. The van der Waals surface area contributed by atoms with Crippen LogP contribution in [0.4, 0.5) is 5.69 Å². The second kappa shape index (κ2) is 5.41. The van der Waals surface area contributed by atoms with Gasteiger partial charge in [0.25, 0.3) is 0 Å². The lowest BCUT2D eigenvalue weighted by Gasteiger charge is -2.29. The second-order valence-electron chi connectivity index (χ2n) is 4.21. The van der Waals surface area contributed by atoms with Gasteiger partial charge in [0.05, 0.1) is 23.4 Å². The number of nitrogens with zero attached hydrogens (tertiary/aromatic N) is 1. The number of hydrogen-bond donors (Lipinski definition) is 0. The van der Waals surface area contributed by atoms with Gasteiger partial charge in [-0.25, -0.2) is 4.79 Å². The molecule has 4 heteroatoms. The number of halogens is 1. The summed E-state index contributed by atoms with van der Waals surface area (Å²) in [7, 11) is 1.37. The van der Waals surface area contributed by atoms with E-state index in [2.05, 4.69) is 9.64 Å². The zero-order chi connectivity index (χ0) is 12.3. The molecule has 1 aliphatic heterocycles. The van der Waals surface area contributed by atoms with Crippen LogP contribution >= 0.6 is 11.6 Å². The van der Waals surface area contributed by atoms with Crippen molar-refractivity contribution in [2.45, 2.75) is 19.3 Å². The van der Waals surface area contributed by atoms with Crippen molar-refractivity contribution in [1.29, 1.82) is 0 Å². The first-order valence-corrected chi connectivity index (χ1v) is 6.23. The Balaban J connectivity index is 2.21. The van der Waals surface area contributed by atoms with E-state index in [9.17, 15) is 4.79 Å². The van der Waals surface area contributed by atoms with E-state index < -0.39 is 0 Å². The summed E-state index contributed by atoms with van der Waals surface area (Å²) in [6.45, 7) is 2.08. The number of hydrogen-bond acceptors (Lipinski definition) is 3. The smallest absolute Gasteiger partial charge is 0.337 e. The molecule has 0 amide bonds. The minimum Gasteiger partial charge on any atom is -0.465 e. The lowest BCUT2D eigenvalue weighted by Crippen LogP contribution is -2.29. The molecule has 0 bridgehead atoms. The van der Waals surface area contributed by atoms with Crippen molar-refractivity contribution in [2.75, 3.05) is 25.1 Å². The second-order valence-corrected chi connectivity index (χ2v) is 4.61. The highest BCUT2D eigenvalue weighted by molar-refractivity contribution is 6.33. The number of carbonyl (C=O) groups is 1. The fourth-order valence-electron chi connectivity index (χ4n) is 2.14. The van der Waals surface area contributed by atoms with Gasteiger partial charge in [0.2, 0.25) is 0 Å². The van der Waals surface area contributed by atoms with Crippen molar-refractivity contribution < 1.29 is 9.53 Å². The van der Waals surface area contributed by atoms with Gasteiger partial charge < -0.3 is 9.64 Å². The molecule has 2 rings (SSSR count). The van der Waals surface area contributed by atoms with E-state index in [1.165, 1.54) is 26.4 Å². The number of carbonyl (C=O) groups excluding carboxylic acids is 1. The van der Waals surface area contributed by atoms with Crippen LogP contribution in [0.1, 0.15) is 29.6 Å². The summed E-state index contributed by atoms with van der Waals surface area (Å²) in [5.41, 5.74) is 1.51. The zero-order valence-corrected chi connectivity index (χ0v) is 10.7. The van der Waals surface area contributed by atoms with Crippen molar-refractivity contribution in [3.63, 3.8) is 0 Å². The molecule has 1 aliphatic rings. The molecule has 1 aromatic rings. The fraction of sp³-hybridized carbons (Fsp3) is 0.462. The van der Waals surface area contributed by atoms with Gasteiger partial charge in [0, 0.05) is 13.1 Å². The Morgan fingerprint density at radius 1 is 1.29 bits per heavy atom. The van der Waals surface area contributed by atoms with E-state index in [4.69, 9.17) is 11.6 Å². The monoisotopic (exact) mass is 253 g/mol. The fourth-order valence-corrected chi connectivity index (χ4v) is 2.44. The number of anilines is 1. The Morgan fingerprint density at radius 2 is 2.00 bits per heavy atom. The van der Waals surface area contributed by atoms with Crippen molar-refractivity contribution in [3.8, 4) is 0 Å². The Labute approximate surface area is 106 Å². The lowest BCUT2D eigenvalue weighted by molar-refractivity contribution is 0.0601. The van der Waals surface area contributed by atoms with Gasteiger partial charge in [-0.3, -0.25) is 0 Å². The zero-order valence-electron chi connectivity index (χ0n) is 9.91. The summed E-state index contributed by atoms with van der Waals surface area (Å²) in [5, 5.41) is 0.620. The minimum absolute atomic E-state index is 0.350. The Hall–Kier alpha value is -1.22. The Kier molecular flexibility index (Phi) is 3.89. The van der Waals surface area contributed by atoms with Crippen LogP contribution in [0.2, 0.25) is 5.02 Å². The van der Waals surface area contributed by atoms with E-state index in [1.807, 2.05) is 6.07 Å². The minimum atomic E-state index is -0.350. The molecule has 3 nitrogen and oxygen atoms in total. The molecule has 1 aromatic carbocycles. The molecule has 0 aliphatic carbocycles. The predicted octanol–water partition coefficient (Wildman–Crippen LogP) is 3.12. The standard InChI is InChI=1S/C13H16ClNO2/c1-17-13(16)10-5-6-12(11(14)9-10)15-7-3-2-4-8-15/h5-6,9H,2-4,7-8H2,1H3. The summed E-state index contributed by atoms with van der Waals surface area (Å²) in [6, 6.07) is 5.35. The average molecular weight is 254 g/mol. The summed E-state index contributed by atoms with van der Waals surface area (Å²) in [5.74, 6) is -0.350. The molecular weight excluding hydrogens is 238 g/mol. The predicted molar refractivity (Wildman–Crippen MR) is 68.9 cm³/mol. The average Bonchev–Trinajstić information content (AvgIpc) is 2.38. The van der Waals surface area contributed by atoms with Gasteiger partial charge in [0.15, 0.2) is 0 Å². The van der Waals surface area contributed by atoms with Crippen LogP contribution < -0.4 is 4.90 Å². The normalized spacial score (nSPS) is 15.8. The first-order valence-electron chi connectivity index (χ1n) is 5.85. The summed E-state index contributed by atoms with van der Waals surface area (Å²) < 4.78 is 4.67. The van der Waals surface area contributed by atoms with Gasteiger partial charge in [0.1, 0.15) is 0 Å². The van der Waals surface area contributed by atoms with Gasteiger partial charge in [-0.05, 0) is 37.5 Å². The molecule has 0 atom stereocenters. The number of esters is 1. The van der Waals surface area contributed by atoms with Crippen LogP contribution in [-0.4, -0.2) is 26.2 Å². The van der Waals surface area contributed by atoms with E-state index in [-0.39, 0.29) is 5.97 Å². The third-order valence-electron chi connectivity index (χ3n) is 3.07. The van der Waals surface area contributed by atoms with Gasteiger partial charge in [-0.15, -0.1) is 0 Å². The first-order chi connectivity index (χ1) is 8.22. The van der Waals surface area contributed by atoms with E-state index >= 15 is 0 Å². The van der Waals surface area contributed by atoms with E-state index in [0.717, 1.165) is 18.8 Å². The number of ether oxygens (including phenoxy) is 1. The van der Waals surface area contributed by atoms with Crippen molar-refractivity contribution in [3.05, 3.63) is 28.8 Å². The van der Waals surface area contributed by atoms with E-state index in [0.29, 0.717) is 10.6 Å². The van der Waals surface area contributed by atoms with Crippen molar-refractivity contribution in [2.24, 2.45) is 0 Å². The van der Waals surface area contributed by atoms with Gasteiger partial charge in [-0.1, -0.05) is 11.6 Å². The van der Waals surface area contributed by atoms with Crippen LogP contribution in [0.5, 0.6) is 0 Å². The first kappa shape index (κ1) is 12.2. The molecule has 0 saturated carbocycles. The topological polar surface area (TPSA) is 29.5 Å². The van der Waals surface area contributed by atoms with Crippen LogP contribution in [0.3, 0.4) is 0 Å². The Bertz CT molecular complexity index is 414. The molecule has 0 radical (unpaired) electrons. The maximum Gasteiger partial charge on any atom is 0.337 e. The molecule has 0 aromatic heterocycles. The third kappa shape index (κ3) is 2.72. The summed E-state index contributed by atoms with van der Waals surface area (Å²) >= 11 is 6.21. The van der Waals surface area contributed by atoms with Crippen LogP contribution in [-0.2, 0) is 4.74 Å². The highest BCUT2D eigenvalue weighted by Crippen LogP contribution is 2.29. The quantitative estimate of drug-likeness (QED) is 0.759. The molecule has 92 valence electrons. The molecule has 0 spiro atoms. The maximum atomic E-state index is 11.4. The van der Waals surface area contributed by atoms with E-state index in [1.54, 1.807) is 12.1 Å². The van der Waals surface area contributed by atoms with Crippen LogP contribution in [0, 0.1) is 0 Å². The SMILES string of the molecule is COC(=O)c1ccc(N2CCCCC2)c(Cl)c1. The summed E-state index contributed by atoms with van der Waals surface area (Å²) in [4.78, 5) is 13.6. The number of piperidine rings is 1. The maximum absolute atomic E-state index is 11.4. The molecule has 17 heavy (non-hydrogen) atoms. The molecule has 0 N–H and O–H groups in total. The highest BCUT2D eigenvalue weighted by Gasteiger charge is 2.15. The highest BCUT2D eigenvalue weighted by atomic mass is 35.5.